The summed E-state index contributed by atoms with van der Waals surface area (Å²) in [6, 6.07) is 0. The quantitative estimate of drug-likeness (QED) is 0.811. The predicted molar refractivity (Wildman–Crippen MR) is 57.2 cm³/mol. The Hall–Kier alpha value is -1.41. The van der Waals surface area contributed by atoms with Gasteiger partial charge in [0.1, 0.15) is 0 Å². The molecule has 0 aliphatic carbocycles. The summed E-state index contributed by atoms with van der Waals surface area (Å²) in [6.45, 7) is 0.622. The van der Waals surface area contributed by atoms with Crippen LogP contribution in [0.4, 0.5) is 22.0 Å². The van der Waals surface area contributed by atoms with E-state index in [0.717, 1.165) is 0 Å². The van der Waals surface area contributed by atoms with E-state index in [-0.39, 0.29) is 17.7 Å². The molecule has 0 bridgehead atoms. The van der Waals surface area contributed by atoms with Crippen molar-refractivity contribution in [2.45, 2.75) is 38.3 Å². The lowest BCUT2D eigenvalue weighted by atomic mass is 9.83. The second kappa shape index (κ2) is 5.17. The van der Waals surface area contributed by atoms with Crippen molar-refractivity contribution in [2.75, 3.05) is 13.1 Å². The third kappa shape index (κ3) is 2.71. The van der Waals surface area contributed by atoms with E-state index >= 15 is 0 Å². The molecule has 1 saturated heterocycles. The number of rotatable bonds is 4. The molecule has 0 saturated carbocycles. The lowest BCUT2D eigenvalue weighted by molar-refractivity contribution is -0.274. The zero-order valence-corrected chi connectivity index (χ0v) is 10.6. The number of carboxylic acid groups (broad SMARTS) is 1. The Morgan fingerprint density at radius 3 is 2.20 bits per heavy atom. The third-order valence-corrected chi connectivity index (χ3v) is 3.45. The number of carbonyl (C=O) groups is 2. The van der Waals surface area contributed by atoms with E-state index < -0.39 is 42.5 Å². The molecule has 1 atom stereocenters. The van der Waals surface area contributed by atoms with Crippen molar-refractivity contribution in [3.8, 4) is 0 Å². The van der Waals surface area contributed by atoms with Crippen molar-refractivity contribution in [3.05, 3.63) is 0 Å². The highest BCUT2D eigenvalue weighted by Gasteiger charge is 2.65. The Labute approximate surface area is 111 Å². The summed E-state index contributed by atoms with van der Waals surface area (Å²) < 4.78 is 62.3. The van der Waals surface area contributed by atoms with Crippen LogP contribution in [0.3, 0.4) is 0 Å². The van der Waals surface area contributed by atoms with Crippen LogP contribution >= 0.6 is 0 Å². The first kappa shape index (κ1) is 16.6. The molecular weight excluding hydrogens is 289 g/mol. The number of aliphatic carboxylic acids is 1. The molecule has 20 heavy (non-hydrogen) atoms. The van der Waals surface area contributed by atoms with Gasteiger partial charge in [0.2, 0.25) is 0 Å². The topological polar surface area (TPSA) is 57.6 Å². The molecule has 0 aromatic heterocycles. The van der Waals surface area contributed by atoms with Crippen LogP contribution in [0.25, 0.3) is 0 Å². The Morgan fingerprint density at radius 2 is 1.80 bits per heavy atom. The number of amides is 1. The Morgan fingerprint density at radius 1 is 1.25 bits per heavy atom. The van der Waals surface area contributed by atoms with Gasteiger partial charge in [0.25, 0.3) is 0 Å². The largest absolute Gasteiger partial charge is 0.481 e. The first-order valence-electron chi connectivity index (χ1n) is 5.95. The van der Waals surface area contributed by atoms with Crippen molar-refractivity contribution < 1.29 is 36.6 Å². The highest BCUT2D eigenvalue weighted by molar-refractivity contribution is 5.86. The summed E-state index contributed by atoms with van der Waals surface area (Å²) in [5, 5.41) is 9.11. The van der Waals surface area contributed by atoms with Crippen LogP contribution in [-0.4, -0.2) is 47.1 Å². The van der Waals surface area contributed by atoms with Crippen molar-refractivity contribution in [2.24, 2.45) is 5.41 Å². The average Bonchev–Trinajstić information content (AvgIpc) is 2.72. The van der Waals surface area contributed by atoms with Gasteiger partial charge in [-0.25, -0.2) is 0 Å². The van der Waals surface area contributed by atoms with Crippen molar-refractivity contribution >= 4 is 11.9 Å². The van der Waals surface area contributed by atoms with Gasteiger partial charge in [-0.15, -0.1) is 0 Å². The molecule has 0 aromatic carbocycles. The van der Waals surface area contributed by atoms with Crippen LogP contribution in [0.5, 0.6) is 0 Å². The SMILES string of the molecule is CCCC1(C(=O)O)CCN(C(=O)C(F)(F)C(F)(F)F)C1. The fourth-order valence-corrected chi connectivity index (χ4v) is 2.33. The molecule has 0 radical (unpaired) electrons. The summed E-state index contributed by atoms with van der Waals surface area (Å²) in [5.74, 6) is -9.16. The minimum Gasteiger partial charge on any atom is -0.481 e. The van der Waals surface area contributed by atoms with Crippen LogP contribution < -0.4 is 0 Å². The van der Waals surface area contributed by atoms with Gasteiger partial charge >= 0.3 is 24.0 Å². The van der Waals surface area contributed by atoms with Crippen LogP contribution in [-0.2, 0) is 9.59 Å². The van der Waals surface area contributed by atoms with Crippen LogP contribution in [0.1, 0.15) is 26.2 Å². The second-order valence-electron chi connectivity index (χ2n) is 4.88. The van der Waals surface area contributed by atoms with Gasteiger partial charge in [-0.3, -0.25) is 9.59 Å². The Bertz CT molecular complexity index is 409. The van der Waals surface area contributed by atoms with Gasteiger partial charge in [-0.2, -0.15) is 22.0 Å². The normalized spacial score (nSPS) is 24.0. The minimum atomic E-state index is -5.98. The van der Waals surface area contributed by atoms with Crippen molar-refractivity contribution in [1.82, 2.24) is 4.90 Å². The van der Waals surface area contributed by atoms with Gasteiger partial charge in [0.15, 0.2) is 0 Å². The zero-order chi connectivity index (χ0) is 15.8. The molecule has 9 heteroatoms. The molecule has 1 fully saturated rings. The number of hydrogen-bond acceptors (Lipinski definition) is 2. The van der Waals surface area contributed by atoms with Gasteiger partial charge < -0.3 is 10.0 Å². The van der Waals surface area contributed by atoms with Crippen molar-refractivity contribution in [1.29, 1.82) is 0 Å². The summed E-state index contributed by atoms with van der Waals surface area (Å²) >= 11 is 0. The highest BCUT2D eigenvalue weighted by atomic mass is 19.4. The summed E-state index contributed by atoms with van der Waals surface area (Å²) in [7, 11) is 0. The predicted octanol–water partition coefficient (Wildman–Crippen LogP) is 2.29. The first-order valence-corrected chi connectivity index (χ1v) is 5.95. The molecule has 1 rings (SSSR count). The number of hydrogen-bond donors (Lipinski definition) is 1. The lowest BCUT2D eigenvalue weighted by Gasteiger charge is -2.27. The van der Waals surface area contributed by atoms with Gasteiger partial charge in [-0.05, 0) is 12.8 Å². The fourth-order valence-electron chi connectivity index (χ4n) is 2.33. The molecule has 1 heterocycles. The Balaban J connectivity index is 2.92. The minimum absolute atomic E-state index is 0.115. The summed E-state index contributed by atoms with van der Waals surface area (Å²) in [5.41, 5.74) is -1.44. The molecule has 1 aliphatic heterocycles. The molecule has 0 aromatic rings. The van der Waals surface area contributed by atoms with E-state index in [0.29, 0.717) is 6.42 Å². The van der Waals surface area contributed by atoms with Crippen molar-refractivity contribution in [3.63, 3.8) is 0 Å². The maximum absolute atomic E-state index is 13.0. The number of halogens is 5. The number of carbonyl (C=O) groups excluding carboxylic acids is 1. The number of alkyl halides is 5. The van der Waals surface area contributed by atoms with E-state index in [2.05, 4.69) is 0 Å². The molecule has 1 N–H and O–H groups in total. The molecule has 1 amide bonds. The fraction of sp³-hybridized carbons (Fsp3) is 0.818. The maximum atomic E-state index is 13.0. The van der Waals surface area contributed by atoms with E-state index in [9.17, 15) is 31.5 Å². The molecule has 1 aliphatic rings. The second-order valence-corrected chi connectivity index (χ2v) is 4.88. The molecule has 0 spiro atoms. The standard InChI is InChI=1S/C11H14F5NO3/c1-2-3-9(8(19)20)4-5-17(6-9)7(18)10(12,13)11(14,15)16/h2-6H2,1H3,(H,19,20). The summed E-state index contributed by atoms with van der Waals surface area (Å²) in [4.78, 5) is 22.8. The molecule has 116 valence electrons. The van der Waals surface area contributed by atoms with Gasteiger partial charge in [0.05, 0.1) is 5.41 Å². The van der Waals surface area contributed by atoms with E-state index in [1.165, 1.54) is 0 Å². The van der Waals surface area contributed by atoms with Crippen LogP contribution in [0, 0.1) is 5.41 Å². The molecule has 1 unspecified atom stereocenters. The highest BCUT2D eigenvalue weighted by Crippen LogP contribution is 2.41. The number of likely N-dealkylation sites (tertiary alicyclic amines) is 1. The van der Waals surface area contributed by atoms with E-state index in [1.807, 2.05) is 0 Å². The average molecular weight is 303 g/mol. The van der Waals surface area contributed by atoms with Crippen LogP contribution in [0.15, 0.2) is 0 Å². The molecule has 4 nitrogen and oxygen atoms in total. The molecular formula is C11H14F5NO3. The number of nitrogens with zero attached hydrogens (tertiary/aromatic N) is 1. The van der Waals surface area contributed by atoms with E-state index in [1.54, 1.807) is 6.92 Å². The van der Waals surface area contributed by atoms with E-state index in [4.69, 9.17) is 5.11 Å². The maximum Gasteiger partial charge on any atom is 0.463 e. The monoisotopic (exact) mass is 303 g/mol. The first-order chi connectivity index (χ1) is 8.98. The Kier molecular flexibility index (Phi) is 4.31. The number of carboxylic acids is 1. The third-order valence-electron chi connectivity index (χ3n) is 3.45. The van der Waals surface area contributed by atoms with Crippen LogP contribution in [0.2, 0.25) is 0 Å². The van der Waals surface area contributed by atoms with Gasteiger partial charge in [-0.1, -0.05) is 13.3 Å². The summed E-state index contributed by atoms with van der Waals surface area (Å²) in [6.07, 6.45) is -5.58. The van der Waals surface area contributed by atoms with Gasteiger partial charge in [0, 0.05) is 13.1 Å². The smallest absolute Gasteiger partial charge is 0.463 e. The lowest BCUT2D eigenvalue weighted by Crippen LogP contribution is -2.52. The zero-order valence-electron chi connectivity index (χ0n) is 10.6.